The molecule has 4 amide bonds. The van der Waals surface area contributed by atoms with Gasteiger partial charge in [-0.15, -0.1) is 0 Å². The molecule has 0 saturated carbocycles. The van der Waals surface area contributed by atoms with Gasteiger partial charge >= 0.3 is 24.1 Å². The Hall–Kier alpha value is -6.21. The van der Waals surface area contributed by atoms with Gasteiger partial charge < -0.3 is 57.8 Å². The fourth-order valence-electron chi connectivity index (χ4n) is 8.13. The molecule has 23 heteroatoms. The first kappa shape index (κ1) is 67.6. The molecule has 0 fully saturated rings. The van der Waals surface area contributed by atoms with Crippen LogP contribution < -0.4 is 24.8 Å². The molecule has 1 aliphatic rings. The lowest BCUT2D eigenvalue weighted by molar-refractivity contribution is -0.149. The quantitative estimate of drug-likeness (QED) is 0.0305. The maximum atomic E-state index is 14.1. The third-order valence-corrected chi connectivity index (χ3v) is 23.8. The Bertz CT molecular complexity index is 3020. The summed E-state index contributed by atoms with van der Waals surface area (Å²) < 4.78 is 54.9. The Morgan fingerprint density at radius 2 is 1.04 bits per heavy atom. The number of rotatable bonds is 21. The number of aliphatic hydroxyl groups excluding tert-OH is 1. The van der Waals surface area contributed by atoms with Gasteiger partial charge in [-0.05, 0) is 150 Å². The molecule has 0 aliphatic carbocycles. The summed E-state index contributed by atoms with van der Waals surface area (Å²) in [5, 5.41) is 15.4. The van der Waals surface area contributed by atoms with E-state index in [2.05, 4.69) is 10.6 Å². The number of alkyl carbamates (subject to hydrolysis) is 2. The second-order valence-electron chi connectivity index (χ2n) is 25.0. The summed E-state index contributed by atoms with van der Waals surface area (Å²) >= 11 is 14.3. The van der Waals surface area contributed by atoms with Crippen LogP contribution in [-0.2, 0) is 37.4 Å². The number of ether oxygens (including phenoxy) is 7. The lowest BCUT2D eigenvalue weighted by atomic mass is 10.0. The SMILES string of the molecule is CCOC(=O)[C@H](NC(=O)OC(C)(C)C)[C@H](O[Si](C)(C)C(C)(C)C)c1ccc(Oc2cc([C@H](CO)NC(=O)OC(C)(C)C)cc(Oc3ccc([C@@H](O[Si](C)(C)C(C)(C)C)[C@@H](C(=O)OC)N4C(=O)c5ccccc5C4=O)cc3Cl)c2OC)c(Cl)c1. The number of fused-ring (bicyclic) bond motifs is 1. The van der Waals surface area contributed by atoms with Gasteiger partial charge in [0.05, 0.1) is 54.6 Å². The highest BCUT2D eigenvalue weighted by Gasteiger charge is 2.51. The van der Waals surface area contributed by atoms with Gasteiger partial charge in [0.15, 0.2) is 40.2 Å². The summed E-state index contributed by atoms with van der Waals surface area (Å²) in [4.78, 5) is 83.5. The van der Waals surface area contributed by atoms with Crippen molar-refractivity contribution in [2.75, 3.05) is 27.4 Å². The third kappa shape index (κ3) is 16.6. The number of imide groups is 1. The van der Waals surface area contributed by atoms with Gasteiger partial charge in [0, 0.05) is 0 Å². The van der Waals surface area contributed by atoms with Gasteiger partial charge in [-0.3, -0.25) is 14.5 Å². The fraction of sp³-hybridized carbons (Fsp3) is 0.500. The molecule has 454 valence electrons. The average Bonchev–Trinajstić information content (AvgIpc) is 3.68. The number of carbonyl (C=O) groups is 6. The minimum atomic E-state index is -2.87. The standard InChI is InChI=1S/C60H81Cl2N3O16Si2/c1-20-75-53(69)46(64-56(72)79-58(5,6)7)48(80-82(16,17)59(8,9)10)34-25-27-42(39(61)29-34)76-44-31-36(41(33-66)63-55(71)78-57(2,3)4)32-45(50(44)73-14)77-43-28-26-35(30-40(43)62)49(81-83(18,19)60(11,12)13)47(54(70)74-15)65-51(67)37-23-21-22-24-38(37)52(65)68/h21-32,41,46-49,66H,20,33H2,1-19H3,(H,63,71)(H,64,72)/t41-,46+,47-,48+,49+/m0/s1. The number of hydrogen-bond donors (Lipinski definition) is 3. The fourth-order valence-corrected chi connectivity index (χ4v) is 11.1. The normalized spacial score (nSPS) is 15.0. The van der Waals surface area contributed by atoms with E-state index in [1.165, 1.54) is 55.6 Å². The number of amides is 4. The zero-order valence-corrected chi connectivity index (χ0v) is 54.5. The highest BCUT2D eigenvalue weighted by Crippen LogP contribution is 2.49. The molecule has 0 aromatic heterocycles. The number of aliphatic hydroxyl groups is 1. The minimum Gasteiger partial charge on any atom is -0.490 e. The number of esters is 2. The van der Waals surface area contributed by atoms with Crippen molar-refractivity contribution in [3.63, 3.8) is 0 Å². The molecule has 5 atom stereocenters. The molecule has 0 spiro atoms. The topological polar surface area (TPSA) is 233 Å². The molecule has 0 bridgehead atoms. The second kappa shape index (κ2) is 26.4. The van der Waals surface area contributed by atoms with Gasteiger partial charge in [-0.2, -0.15) is 0 Å². The molecule has 4 aromatic carbocycles. The summed E-state index contributed by atoms with van der Waals surface area (Å²) in [5.74, 6) is -3.05. The van der Waals surface area contributed by atoms with Crippen LogP contribution in [0.25, 0.3) is 0 Å². The first-order valence-corrected chi connectivity index (χ1v) is 33.7. The molecular weight excluding hydrogens is 1150 g/mol. The minimum absolute atomic E-state index is 0.00570. The zero-order valence-electron chi connectivity index (χ0n) is 51.0. The summed E-state index contributed by atoms with van der Waals surface area (Å²) in [6.45, 7) is 31.2. The van der Waals surface area contributed by atoms with Crippen molar-refractivity contribution in [2.24, 2.45) is 0 Å². The van der Waals surface area contributed by atoms with E-state index < -0.39 is 106 Å². The molecule has 1 aliphatic heterocycles. The third-order valence-electron chi connectivity index (χ3n) is 14.3. The maximum absolute atomic E-state index is 14.1. The lowest BCUT2D eigenvalue weighted by Gasteiger charge is -2.42. The van der Waals surface area contributed by atoms with E-state index in [-0.39, 0.29) is 67.1 Å². The smallest absolute Gasteiger partial charge is 0.408 e. The number of carbonyl (C=O) groups excluding carboxylic acids is 6. The monoisotopic (exact) mass is 1230 g/mol. The van der Waals surface area contributed by atoms with Gasteiger partial charge in [0.1, 0.15) is 34.9 Å². The van der Waals surface area contributed by atoms with Gasteiger partial charge in [0.25, 0.3) is 11.8 Å². The molecule has 1 heterocycles. The first-order valence-electron chi connectivity index (χ1n) is 27.1. The Labute approximate surface area is 499 Å². The van der Waals surface area contributed by atoms with Crippen LogP contribution in [0, 0.1) is 0 Å². The van der Waals surface area contributed by atoms with E-state index in [0.717, 1.165) is 12.0 Å². The summed E-state index contributed by atoms with van der Waals surface area (Å²) in [5.41, 5.74) is -0.637. The van der Waals surface area contributed by atoms with Crippen molar-refractivity contribution in [1.82, 2.24) is 15.5 Å². The highest BCUT2D eigenvalue weighted by atomic mass is 35.5. The van der Waals surface area contributed by atoms with Crippen LogP contribution in [-0.4, -0.2) is 113 Å². The second-order valence-corrected chi connectivity index (χ2v) is 35.3. The van der Waals surface area contributed by atoms with Crippen LogP contribution in [0.1, 0.15) is 146 Å². The Morgan fingerprint density at radius 3 is 1.42 bits per heavy atom. The summed E-state index contributed by atoms with van der Waals surface area (Å²) in [7, 11) is -3.10. The van der Waals surface area contributed by atoms with Crippen LogP contribution >= 0.6 is 23.2 Å². The average molecular weight is 1230 g/mol. The van der Waals surface area contributed by atoms with Crippen molar-refractivity contribution >= 4 is 75.8 Å². The molecule has 83 heavy (non-hydrogen) atoms. The van der Waals surface area contributed by atoms with Crippen molar-refractivity contribution in [1.29, 1.82) is 0 Å². The summed E-state index contributed by atoms with van der Waals surface area (Å²) in [6, 6.07) is 14.4. The van der Waals surface area contributed by atoms with Gasteiger partial charge in [-0.1, -0.05) is 89.0 Å². The highest BCUT2D eigenvalue weighted by molar-refractivity contribution is 6.74. The lowest BCUT2D eigenvalue weighted by Crippen LogP contribution is -2.53. The Morgan fingerprint density at radius 1 is 0.602 bits per heavy atom. The summed E-state index contributed by atoms with van der Waals surface area (Å²) in [6.07, 6.45) is -4.15. The van der Waals surface area contributed by atoms with Crippen molar-refractivity contribution < 1.29 is 75.9 Å². The van der Waals surface area contributed by atoms with Crippen LogP contribution in [0.2, 0.25) is 46.3 Å². The van der Waals surface area contributed by atoms with E-state index in [9.17, 15) is 33.9 Å². The van der Waals surface area contributed by atoms with Crippen molar-refractivity contribution in [3.05, 3.63) is 111 Å². The number of nitrogens with one attached hydrogen (secondary N) is 2. The molecule has 0 unspecified atom stereocenters. The Balaban J connectivity index is 1.67. The van der Waals surface area contributed by atoms with E-state index in [4.69, 9.17) is 65.2 Å². The van der Waals surface area contributed by atoms with Gasteiger partial charge in [0.2, 0.25) is 5.75 Å². The van der Waals surface area contributed by atoms with Crippen LogP contribution in [0.4, 0.5) is 9.59 Å². The van der Waals surface area contributed by atoms with E-state index in [1.807, 2.05) is 67.7 Å². The van der Waals surface area contributed by atoms with Crippen LogP contribution in [0.15, 0.2) is 72.8 Å². The number of halogens is 2. The van der Waals surface area contributed by atoms with Crippen molar-refractivity contribution in [3.8, 4) is 28.7 Å². The van der Waals surface area contributed by atoms with Crippen molar-refractivity contribution in [2.45, 2.75) is 168 Å². The predicted octanol–water partition coefficient (Wildman–Crippen LogP) is 13.6. The Kier molecular flexibility index (Phi) is 21.5. The molecule has 3 N–H and O–H groups in total. The number of hydrogen-bond acceptors (Lipinski definition) is 16. The largest absolute Gasteiger partial charge is 0.490 e. The molecule has 5 rings (SSSR count). The predicted molar refractivity (Wildman–Crippen MR) is 320 cm³/mol. The van der Waals surface area contributed by atoms with Crippen LogP contribution in [0.3, 0.4) is 0 Å². The molecule has 19 nitrogen and oxygen atoms in total. The number of nitrogens with zero attached hydrogens (tertiary/aromatic N) is 1. The molecule has 0 radical (unpaired) electrons. The van der Waals surface area contributed by atoms with E-state index in [1.54, 1.807) is 72.7 Å². The zero-order chi connectivity index (χ0) is 62.5. The number of methoxy groups -OCH3 is 2. The van der Waals surface area contributed by atoms with Gasteiger partial charge in [-0.25, -0.2) is 19.2 Å². The number of benzene rings is 4. The van der Waals surface area contributed by atoms with E-state index >= 15 is 0 Å². The van der Waals surface area contributed by atoms with E-state index in [0.29, 0.717) is 11.1 Å². The molecule has 0 saturated heterocycles. The molecular formula is C60H81Cl2N3O16Si2. The first-order chi connectivity index (χ1) is 38.3. The van der Waals surface area contributed by atoms with Crippen LogP contribution in [0.5, 0.6) is 28.7 Å². The molecule has 4 aromatic rings. The maximum Gasteiger partial charge on any atom is 0.408 e.